The number of phenolic OH excluding ortho intramolecular Hbond substituents is 1. The summed E-state index contributed by atoms with van der Waals surface area (Å²) < 4.78 is 2.04. The van der Waals surface area contributed by atoms with Crippen LogP contribution in [0.2, 0.25) is 0 Å². The Balaban J connectivity index is 1.64. The Morgan fingerprint density at radius 2 is 1.67 bits per heavy atom. The van der Waals surface area contributed by atoms with Gasteiger partial charge in [0.1, 0.15) is 5.75 Å². The maximum Gasteiger partial charge on any atom is 0.180 e. The van der Waals surface area contributed by atoms with Crippen LogP contribution < -0.4 is 5.32 Å². The van der Waals surface area contributed by atoms with E-state index in [0.717, 1.165) is 22.6 Å². The number of aromatic hydroxyl groups is 1. The highest BCUT2D eigenvalue weighted by Crippen LogP contribution is 2.30. The number of aromatic nitrogens is 3. The van der Waals surface area contributed by atoms with E-state index >= 15 is 0 Å². The zero-order valence-electron chi connectivity index (χ0n) is 14.4. The first-order chi connectivity index (χ1) is 13.3. The van der Waals surface area contributed by atoms with E-state index in [9.17, 15) is 5.11 Å². The lowest BCUT2D eigenvalue weighted by molar-refractivity contribution is 0.475. The molecule has 0 saturated carbocycles. The fourth-order valence-corrected chi connectivity index (χ4v) is 3.34. The monoisotopic (exact) mass is 352 g/mol. The number of phenols is 1. The van der Waals surface area contributed by atoms with Crippen molar-refractivity contribution in [1.82, 2.24) is 14.4 Å². The number of hydrogen-bond acceptors (Lipinski definition) is 4. The van der Waals surface area contributed by atoms with E-state index in [1.807, 2.05) is 22.9 Å². The zero-order chi connectivity index (χ0) is 18.2. The van der Waals surface area contributed by atoms with Crippen molar-refractivity contribution in [2.75, 3.05) is 5.32 Å². The molecule has 0 atom stereocenters. The van der Waals surface area contributed by atoms with Gasteiger partial charge in [-0.3, -0.25) is 4.40 Å². The van der Waals surface area contributed by atoms with E-state index in [-0.39, 0.29) is 5.75 Å². The maximum atomic E-state index is 9.45. The van der Waals surface area contributed by atoms with Gasteiger partial charge in [0.15, 0.2) is 11.5 Å². The Morgan fingerprint density at radius 3 is 2.56 bits per heavy atom. The average Bonchev–Trinajstić information content (AvgIpc) is 3.14. The van der Waals surface area contributed by atoms with Gasteiger partial charge >= 0.3 is 0 Å². The van der Waals surface area contributed by atoms with Crippen LogP contribution in [0.4, 0.5) is 11.5 Å². The molecule has 2 N–H and O–H groups in total. The Labute approximate surface area is 155 Å². The van der Waals surface area contributed by atoms with Crippen molar-refractivity contribution in [2.45, 2.75) is 0 Å². The molecule has 0 saturated heterocycles. The largest absolute Gasteiger partial charge is 0.508 e. The van der Waals surface area contributed by atoms with Crippen LogP contribution in [0.5, 0.6) is 5.75 Å². The fourth-order valence-electron chi connectivity index (χ4n) is 3.34. The second-order valence-corrected chi connectivity index (χ2v) is 6.31. The fraction of sp³-hybridized carbons (Fsp3) is 0. The first-order valence-electron chi connectivity index (χ1n) is 8.66. The molecule has 0 aliphatic heterocycles. The molecule has 2 heterocycles. The van der Waals surface area contributed by atoms with Gasteiger partial charge in [0, 0.05) is 23.6 Å². The van der Waals surface area contributed by atoms with E-state index in [0.29, 0.717) is 5.82 Å². The lowest BCUT2D eigenvalue weighted by atomic mass is 10.0. The third-order valence-corrected chi connectivity index (χ3v) is 4.62. The predicted octanol–water partition coefficient (Wildman–Crippen LogP) is 5.00. The lowest BCUT2D eigenvalue weighted by Gasteiger charge is -2.09. The number of benzene rings is 3. The number of rotatable bonds is 3. The van der Waals surface area contributed by atoms with Crippen LogP contribution in [0.1, 0.15) is 0 Å². The molecule has 0 fully saturated rings. The zero-order valence-corrected chi connectivity index (χ0v) is 14.4. The van der Waals surface area contributed by atoms with E-state index in [1.54, 1.807) is 30.5 Å². The molecule has 0 unspecified atom stereocenters. The number of hydrogen-bond donors (Lipinski definition) is 2. The number of imidazole rings is 1. The van der Waals surface area contributed by atoms with Crippen molar-refractivity contribution in [1.29, 1.82) is 0 Å². The van der Waals surface area contributed by atoms with Crippen molar-refractivity contribution in [2.24, 2.45) is 0 Å². The third kappa shape index (κ3) is 2.66. The summed E-state index contributed by atoms with van der Waals surface area (Å²) in [5, 5.41) is 15.1. The van der Waals surface area contributed by atoms with Gasteiger partial charge in [-0.1, -0.05) is 42.5 Å². The normalized spacial score (nSPS) is 11.1. The minimum absolute atomic E-state index is 0.228. The summed E-state index contributed by atoms with van der Waals surface area (Å²) in [5.41, 5.74) is 3.72. The van der Waals surface area contributed by atoms with E-state index < -0.39 is 0 Å². The molecule has 130 valence electrons. The van der Waals surface area contributed by atoms with Crippen LogP contribution in [0.15, 0.2) is 85.3 Å². The Bertz CT molecular complexity index is 1250. The molecule has 5 heteroatoms. The standard InChI is InChI=1S/C22H16N4O/c27-17-10-8-16(9-11-17)25-21-22-24-14-20(26(22)13-12-23-21)19-7-3-5-15-4-1-2-6-18(15)19/h1-14,27H,(H,23,25). The van der Waals surface area contributed by atoms with Gasteiger partial charge in [-0.25, -0.2) is 9.97 Å². The van der Waals surface area contributed by atoms with Gasteiger partial charge in [-0.15, -0.1) is 0 Å². The number of anilines is 2. The summed E-state index contributed by atoms with van der Waals surface area (Å²) in [7, 11) is 0. The first-order valence-corrected chi connectivity index (χ1v) is 8.66. The number of nitrogens with one attached hydrogen (secondary N) is 1. The maximum absolute atomic E-state index is 9.45. The van der Waals surface area contributed by atoms with Gasteiger partial charge in [0.2, 0.25) is 0 Å². The molecule has 0 aliphatic rings. The second-order valence-electron chi connectivity index (χ2n) is 6.31. The summed E-state index contributed by atoms with van der Waals surface area (Å²) in [6, 6.07) is 21.5. The van der Waals surface area contributed by atoms with Crippen LogP contribution in [0.3, 0.4) is 0 Å². The highest BCUT2D eigenvalue weighted by Gasteiger charge is 2.12. The van der Waals surface area contributed by atoms with Crippen LogP contribution >= 0.6 is 0 Å². The summed E-state index contributed by atoms with van der Waals surface area (Å²) in [6.45, 7) is 0. The highest BCUT2D eigenvalue weighted by molar-refractivity contribution is 5.96. The van der Waals surface area contributed by atoms with Gasteiger partial charge in [0.05, 0.1) is 11.9 Å². The van der Waals surface area contributed by atoms with Crippen LogP contribution in [-0.2, 0) is 0 Å². The van der Waals surface area contributed by atoms with Gasteiger partial charge < -0.3 is 10.4 Å². The molecular formula is C22H16N4O. The topological polar surface area (TPSA) is 62.5 Å². The molecule has 0 spiro atoms. The SMILES string of the molecule is Oc1ccc(Nc2nccn3c(-c4cccc5ccccc45)cnc23)cc1. The molecule has 2 aromatic heterocycles. The highest BCUT2D eigenvalue weighted by atomic mass is 16.3. The molecule has 0 amide bonds. The molecular weight excluding hydrogens is 336 g/mol. The molecule has 0 radical (unpaired) electrons. The molecule has 0 aliphatic carbocycles. The van der Waals surface area contributed by atoms with E-state index in [2.05, 4.69) is 51.7 Å². The van der Waals surface area contributed by atoms with Crippen molar-refractivity contribution in [3.63, 3.8) is 0 Å². The average molecular weight is 352 g/mol. The summed E-state index contributed by atoms with van der Waals surface area (Å²) in [4.78, 5) is 9.04. The summed E-state index contributed by atoms with van der Waals surface area (Å²) >= 11 is 0. The molecule has 3 aromatic carbocycles. The van der Waals surface area contributed by atoms with Crippen LogP contribution in [0, 0.1) is 0 Å². The summed E-state index contributed by atoms with van der Waals surface area (Å²) in [5.74, 6) is 0.889. The Morgan fingerprint density at radius 1 is 0.852 bits per heavy atom. The Hall–Kier alpha value is -3.86. The van der Waals surface area contributed by atoms with E-state index in [4.69, 9.17) is 0 Å². The summed E-state index contributed by atoms with van der Waals surface area (Å²) in [6.07, 6.45) is 5.55. The molecule has 27 heavy (non-hydrogen) atoms. The smallest absolute Gasteiger partial charge is 0.180 e. The number of nitrogens with zero attached hydrogens (tertiary/aromatic N) is 3. The van der Waals surface area contributed by atoms with Crippen LogP contribution in [0.25, 0.3) is 27.7 Å². The van der Waals surface area contributed by atoms with Gasteiger partial charge in [0.25, 0.3) is 0 Å². The van der Waals surface area contributed by atoms with Crippen LogP contribution in [-0.4, -0.2) is 19.5 Å². The lowest BCUT2D eigenvalue weighted by Crippen LogP contribution is -1.98. The van der Waals surface area contributed by atoms with E-state index in [1.165, 1.54) is 10.8 Å². The molecule has 0 bridgehead atoms. The van der Waals surface area contributed by atoms with Crippen molar-refractivity contribution in [3.05, 3.63) is 85.3 Å². The first kappa shape index (κ1) is 15.4. The minimum atomic E-state index is 0.228. The number of fused-ring (bicyclic) bond motifs is 2. The molecule has 5 aromatic rings. The van der Waals surface area contributed by atoms with Gasteiger partial charge in [-0.2, -0.15) is 0 Å². The van der Waals surface area contributed by atoms with Crippen molar-refractivity contribution < 1.29 is 5.11 Å². The van der Waals surface area contributed by atoms with Gasteiger partial charge in [-0.05, 0) is 35.0 Å². The third-order valence-electron chi connectivity index (χ3n) is 4.62. The Kier molecular flexibility index (Phi) is 3.50. The molecule has 5 rings (SSSR count). The van der Waals surface area contributed by atoms with Crippen molar-refractivity contribution >= 4 is 27.9 Å². The second kappa shape index (κ2) is 6.14. The quantitative estimate of drug-likeness (QED) is 0.449. The predicted molar refractivity (Wildman–Crippen MR) is 107 cm³/mol. The minimum Gasteiger partial charge on any atom is -0.508 e. The molecule has 5 nitrogen and oxygen atoms in total. The van der Waals surface area contributed by atoms with Crippen molar-refractivity contribution in [3.8, 4) is 17.0 Å².